The number of nitrogens with one attached hydrogen (secondary N) is 1. The SMILES string of the molecule is O=S(=O)(Nc1ncc(Br)s1)c1ccc(F)c(F)c1. The number of sulfonamides is 1. The van der Waals surface area contributed by atoms with Gasteiger partial charge in [0.15, 0.2) is 16.8 Å². The standard InChI is InChI=1S/C9H5BrF2N2O2S2/c10-8-4-13-9(17-8)14-18(15,16)5-1-2-6(11)7(12)3-5/h1-4H,(H,13,14). The molecule has 0 amide bonds. The van der Waals surface area contributed by atoms with Gasteiger partial charge in [0.1, 0.15) is 0 Å². The minimum atomic E-state index is -3.97. The molecular weight excluding hydrogens is 350 g/mol. The third-order valence-electron chi connectivity index (χ3n) is 1.90. The van der Waals surface area contributed by atoms with Crippen molar-refractivity contribution >= 4 is 42.4 Å². The van der Waals surface area contributed by atoms with Gasteiger partial charge in [-0.25, -0.2) is 22.2 Å². The van der Waals surface area contributed by atoms with E-state index in [0.717, 1.165) is 23.5 Å². The Labute approximate surface area is 114 Å². The quantitative estimate of drug-likeness (QED) is 0.921. The Balaban J connectivity index is 2.33. The second-order valence-corrected chi connectivity index (χ2v) is 7.24. The van der Waals surface area contributed by atoms with Crippen molar-refractivity contribution in [2.24, 2.45) is 0 Å². The van der Waals surface area contributed by atoms with Crippen LogP contribution in [0.15, 0.2) is 33.1 Å². The molecule has 4 nitrogen and oxygen atoms in total. The Morgan fingerprint density at radius 1 is 1.28 bits per heavy atom. The molecule has 0 radical (unpaired) electrons. The molecule has 0 saturated heterocycles. The van der Waals surface area contributed by atoms with Crippen molar-refractivity contribution < 1.29 is 17.2 Å². The Morgan fingerprint density at radius 2 is 2.00 bits per heavy atom. The maximum absolute atomic E-state index is 13.0. The van der Waals surface area contributed by atoms with Gasteiger partial charge in [0.2, 0.25) is 0 Å². The third kappa shape index (κ3) is 2.85. The summed E-state index contributed by atoms with van der Waals surface area (Å²) in [5.74, 6) is -2.33. The summed E-state index contributed by atoms with van der Waals surface area (Å²) in [6.45, 7) is 0. The van der Waals surface area contributed by atoms with Gasteiger partial charge in [-0.15, -0.1) is 0 Å². The van der Waals surface area contributed by atoms with Gasteiger partial charge in [0, 0.05) is 0 Å². The maximum atomic E-state index is 13.0. The van der Waals surface area contributed by atoms with Gasteiger partial charge in [-0.1, -0.05) is 11.3 Å². The summed E-state index contributed by atoms with van der Waals surface area (Å²) in [6.07, 6.45) is 1.42. The summed E-state index contributed by atoms with van der Waals surface area (Å²) in [5.41, 5.74) is 0. The molecule has 0 saturated carbocycles. The summed E-state index contributed by atoms with van der Waals surface area (Å²) in [5, 5.41) is 0.131. The molecule has 0 aliphatic carbocycles. The molecule has 1 aromatic heterocycles. The summed E-state index contributed by atoms with van der Waals surface area (Å²) in [7, 11) is -3.97. The van der Waals surface area contributed by atoms with Crippen molar-refractivity contribution in [2.75, 3.05) is 4.72 Å². The van der Waals surface area contributed by atoms with Crippen LogP contribution >= 0.6 is 27.3 Å². The molecule has 18 heavy (non-hydrogen) atoms. The molecule has 1 N–H and O–H groups in total. The van der Waals surface area contributed by atoms with Gasteiger partial charge in [-0.3, -0.25) is 4.72 Å². The second kappa shape index (κ2) is 4.90. The van der Waals surface area contributed by atoms with Crippen molar-refractivity contribution in [3.63, 3.8) is 0 Å². The largest absolute Gasteiger partial charge is 0.263 e. The van der Waals surface area contributed by atoms with E-state index >= 15 is 0 Å². The van der Waals surface area contributed by atoms with Gasteiger partial charge >= 0.3 is 0 Å². The van der Waals surface area contributed by atoms with Crippen molar-refractivity contribution in [1.82, 2.24) is 4.98 Å². The number of nitrogens with zero attached hydrogens (tertiary/aromatic N) is 1. The Hall–Kier alpha value is -1.06. The van der Waals surface area contributed by atoms with E-state index in [9.17, 15) is 17.2 Å². The molecule has 1 aromatic carbocycles. The highest BCUT2D eigenvalue weighted by Gasteiger charge is 2.18. The predicted octanol–water partition coefficient (Wildman–Crippen LogP) is 2.98. The normalized spacial score (nSPS) is 11.5. The Morgan fingerprint density at radius 3 is 2.56 bits per heavy atom. The molecule has 2 rings (SSSR count). The average Bonchev–Trinajstić information content (AvgIpc) is 2.67. The Kier molecular flexibility index (Phi) is 3.64. The minimum absolute atomic E-state index is 0.131. The molecule has 0 atom stereocenters. The van der Waals surface area contributed by atoms with Crippen LogP contribution in [-0.2, 0) is 10.0 Å². The van der Waals surface area contributed by atoms with Crippen molar-refractivity contribution in [2.45, 2.75) is 4.90 Å². The van der Waals surface area contributed by atoms with Crippen LogP contribution in [0.3, 0.4) is 0 Å². The van der Waals surface area contributed by atoms with Crippen LogP contribution in [0.25, 0.3) is 0 Å². The fourth-order valence-corrected chi connectivity index (χ4v) is 3.48. The smallest absolute Gasteiger partial charge is 0.255 e. The highest BCUT2D eigenvalue weighted by atomic mass is 79.9. The highest BCUT2D eigenvalue weighted by Crippen LogP contribution is 2.25. The number of thiazole rings is 1. The molecule has 0 aliphatic rings. The first-order valence-corrected chi connectivity index (χ1v) is 7.57. The van der Waals surface area contributed by atoms with Crippen LogP contribution in [-0.4, -0.2) is 13.4 Å². The van der Waals surface area contributed by atoms with E-state index in [1.165, 1.54) is 6.20 Å². The first-order chi connectivity index (χ1) is 8.38. The van der Waals surface area contributed by atoms with Crippen LogP contribution in [0.5, 0.6) is 0 Å². The summed E-state index contributed by atoms with van der Waals surface area (Å²) in [6, 6.07) is 2.34. The minimum Gasteiger partial charge on any atom is -0.255 e. The molecule has 96 valence electrons. The van der Waals surface area contributed by atoms with Gasteiger partial charge in [-0.2, -0.15) is 0 Å². The number of hydrogen-bond donors (Lipinski definition) is 1. The van der Waals surface area contributed by atoms with Gasteiger partial charge in [0.05, 0.1) is 14.9 Å². The number of halogens is 3. The van der Waals surface area contributed by atoms with Crippen LogP contribution in [0.4, 0.5) is 13.9 Å². The second-order valence-electron chi connectivity index (χ2n) is 3.15. The van der Waals surface area contributed by atoms with E-state index in [-0.39, 0.29) is 10.0 Å². The first kappa shape index (κ1) is 13.4. The zero-order valence-electron chi connectivity index (χ0n) is 8.52. The lowest BCUT2D eigenvalue weighted by Crippen LogP contribution is -2.13. The molecule has 0 aliphatic heterocycles. The van der Waals surface area contributed by atoms with E-state index < -0.39 is 21.7 Å². The topological polar surface area (TPSA) is 59.1 Å². The van der Waals surface area contributed by atoms with Gasteiger partial charge in [0.25, 0.3) is 10.0 Å². The van der Waals surface area contributed by atoms with Crippen molar-refractivity contribution in [3.05, 3.63) is 39.8 Å². The van der Waals surface area contributed by atoms with E-state index in [0.29, 0.717) is 9.85 Å². The number of rotatable bonds is 3. The summed E-state index contributed by atoms with van der Waals surface area (Å²) >= 11 is 4.19. The van der Waals surface area contributed by atoms with Crippen LogP contribution in [0.1, 0.15) is 0 Å². The monoisotopic (exact) mass is 354 g/mol. The van der Waals surface area contributed by atoms with Crippen LogP contribution in [0.2, 0.25) is 0 Å². The lowest BCUT2D eigenvalue weighted by atomic mass is 10.3. The fourth-order valence-electron chi connectivity index (χ4n) is 1.12. The lowest BCUT2D eigenvalue weighted by molar-refractivity contribution is 0.504. The molecule has 0 fully saturated rings. The first-order valence-electron chi connectivity index (χ1n) is 4.48. The van der Waals surface area contributed by atoms with Crippen molar-refractivity contribution in [3.8, 4) is 0 Å². The lowest BCUT2D eigenvalue weighted by Gasteiger charge is -2.05. The van der Waals surface area contributed by atoms with Gasteiger partial charge in [-0.05, 0) is 34.1 Å². The fraction of sp³-hybridized carbons (Fsp3) is 0. The van der Waals surface area contributed by atoms with E-state index in [2.05, 4.69) is 25.6 Å². The molecular formula is C9H5BrF2N2O2S2. The third-order valence-corrected chi connectivity index (χ3v) is 4.76. The van der Waals surface area contributed by atoms with E-state index in [1.807, 2.05) is 0 Å². The predicted molar refractivity (Wildman–Crippen MR) is 67.0 cm³/mol. The molecule has 0 bridgehead atoms. The highest BCUT2D eigenvalue weighted by molar-refractivity contribution is 9.11. The maximum Gasteiger partial charge on any atom is 0.263 e. The zero-order chi connectivity index (χ0) is 13.3. The van der Waals surface area contributed by atoms with Crippen LogP contribution in [0, 0.1) is 11.6 Å². The summed E-state index contributed by atoms with van der Waals surface area (Å²) in [4.78, 5) is 3.41. The molecule has 9 heteroatoms. The summed E-state index contributed by atoms with van der Waals surface area (Å²) < 4.78 is 52.1. The molecule has 1 heterocycles. The molecule has 0 spiro atoms. The molecule has 2 aromatic rings. The van der Waals surface area contributed by atoms with E-state index in [4.69, 9.17) is 0 Å². The average molecular weight is 355 g/mol. The zero-order valence-corrected chi connectivity index (χ0v) is 11.7. The van der Waals surface area contributed by atoms with Gasteiger partial charge < -0.3 is 0 Å². The number of anilines is 1. The Bertz CT molecular complexity index is 688. The number of hydrogen-bond acceptors (Lipinski definition) is 4. The number of benzene rings is 1. The van der Waals surface area contributed by atoms with Crippen LogP contribution < -0.4 is 4.72 Å². The van der Waals surface area contributed by atoms with E-state index in [1.54, 1.807) is 0 Å². The molecule has 0 unspecified atom stereocenters. The number of aromatic nitrogens is 1. The van der Waals surface area contributed by atoms with Crippen molar-refractivity contribution in [1.29, 1.82) is 0 Å².